The van der Waals surface area contributed by atoms with E-state index < -0.39 is 0 Å². The van der Waals surface area contributed by atoms with E-state index in [1.54, 1.807) is 0 Å². The number of rotatable bonds is 2. The number of fused-ring (bicyclic) bond motifs is 1. The number of hydrogen-bond acceptors (Lipinski definition) is 3. The number of para-hydroxylation sites is 2. The van der Waals surface area contributed by atoms with Crippen molar-refractivity contribution in [2.45, 2.75) is 13.5 Å². The van der Waals surface area contributed by atoms with E-state index in [4.69, 9.17) is 4.74 Å². The third-order valence-corrected chi connectivity index (χ3v) is 3.50. The lowest BCUT2D eigenvalue weighted by molar-refractivity contribution is -0.135. The first-order valence-corrected chi connectivity index (χ1v) is 6.53. The zero-order chi connectivity index (χ0) is 13.2. The van der Waals surface area contributed by atoms with Gasteiger partial charge in [0.15, 0.2) is 0 Å². The molecule has 0 saturated carbocycles. The Labute approximate surface area is 111 Å². The quantitative estimate of drug-likeness (QED) is 0.814. The third-order valence-electron chi connectivity index (χ3n) is 3.50. The molecule has 3 rings (SSSR count). The van der Waals surface area contributed by atoms with Crippen LogP contribution in [0.2, 0.25) is 0 Å². The average molecular weight is 259 g/mol. The number of aryl methyl sites for hydroxylation is 1. The van der Waals surface area contributed by atoms with Gasteiger partial charge < -0.3 is 14.2 Å². The summed E-state index contributed by atoms with van der Waals surface area (Å²) in [5.74, 6) is 1.01. The molecular formula is C14H17N3O2. The Morgan fingerprint density at radius 1 is 1.32 bits per heavy atom. The number of ether oxygens (including phenoxy) is 1. The molecule has 1 amide bonds. The van der Waals surface area contributed by atoms with E-state index >= 15 is 0 Å². The van der Waals surface area contributed by atoms with Crippen LogP contribution in [0.25, 0.3) is 11.0 Å². The number of morpholine rings is 1. The fourth-order valence-corrected chi connectivity index (χ4v) is 2.44. The summed E-state index contributed by atoms with van der Waals surface area (Å²) in [5, 5.41) is 0. The minimum absolute atomic E-state index is 0.134. The highest BCUT2D eigenvalue weighted by atomic mass is 16.5. The molecule has 1 fully saturated rings. The Kier molecular flexibility index (Phi) is 3.21. The highest BCUT2D eigenvalue weighted by Crippen LogP contribution is 2.15. The molecule has 2 heterocycles. The van der Waals surface area contributed by atoms with Crippen molar-refractivity contribution in [2.24, 2.45) is 0 Å². The van der Waals surface area contributed by atoms with Gasteiger partial charge in [0.25, 0.3) is 0 Å². The van der Waals surface area contributed by atoms with Crippen molar-refractivity contribution < 1.29 is 9.53 Å². The van der Waals surface area contributed by atoms with E-state index in [1.165, 1.54) is 0 Å². The molecule has 0 radical (unpaired) electrons. The summed E-state index contributed by atoms with van der Waals surface area (Å²) in [6, 6.07) is 7.90. The first-order valence-electron chi connectivity index (χ1n) is 6.53. The number of carbonyl (C=O) groups excluding carboxylic acids is 1. The van der Waals surface area contributed by atoms with Crippen LogP contribution in [-0.2, 0) is 16.1 Å². The van der Waals surface area contributed by atoms with Crippen molar-refractivity contribution in [3.05, 3.63) is 30.1 Å². The molecule has 1 aliphatic rings. The largest absolute Gasteiger partial charge is 0.378 e. The van der Waals surface area contributed by atoms with Crippen LogP contribution >= 0.6 is 0 Å². The van der Waals surface area contributed by atoms with Crippen molar-refractivity contribution in [2.75, 3.05) is 26.3 Å². The van der Waals surface area contributed by atoms with E-state index in [2.05, 4.69) is 4.98 Å². The number of nitrogens with zero attached hydrogens (tertiary/aromatic N) is 3. The Morgan fingerprint density at radius 2 is 2.05 bits per heavy atom. The van der Waals surface area contributed by atoms with Gasteiger partial charge in [-0.3, -0.25) is 4.79 Å². The van der Waals surface area contributed by atoms with E-state index in [0.29, 0.717) is 32.8 Å². The first kappa shape index (κ1) is 12.2. The van der Waals surface area contributed by atoms with Crippen molar-refractivity contribution >= 4 is 16.9 Å². The molecule has 0 bridgehead atoms. The molecule has 100 valence electrons. The lowest BCUT2D eigenvalue weighted by Gasteiger charge is -2.27. The van der Waals surface area contributed by atoms with Crippen LogP contribution in [0.4, 0.5) is 0 Å². The summed E-state index contributed by atoms with van der Waals surface area (Å²) < 4.78 is 7.25. The molecule has 2 aromatic rings. The molecule has 5 nitrogen and oxygen atoms in total. The Morgan fingerprint density at radius 3 is 2.84 bits per heavy atom. The molecule has 1 aromatic heterocycles. The van der Waals surface area contributed by atoms with Crippen LogP contribution < -0.4 is 0 Å². The molecule has 0 spiro atoms. The molecule has 1 saturated heterocycles. The Bertz CT molecular complexity index is 600. The monoisotopic (exact) mass is 259 g/mol. The SMILES string of the molecule is Cc1nc2ccccc2n1CC(=O)N1CCOCC1. The topological polar surface area (TPSA) is 47.4 Å². The maximum absolute atomic E-state index is 12.3. The van der Waals surface area contributed by atoms with Crippen LogP contribution in [-0.4, -0.2) is 46.7 Å². The van der Waals surface area contributed by atoms with E-state index in [0.717, 1.165) is 16.9 Å². The predicted octanol–water partition coefficient (Wildman–Crippen LogP) is 1.20. The maximum atomic E-state index is 12.3. The number of hydrogen-bond donors (Lipinski definition) is 0. The number of imidazole rings is 1. The van der Waals surface area contributed by atoms with Crippen LogP contribution in [0.3, 0.4) is 0 Å². The fraction of sp³-hybridized carbons (Fsp3) is 0.429. The van der Waals surface area contributed by atoms with E-state index in [1.807, 2.05) is 40.7 Å². The summed E-state index contributed by atoms with van der Waals surface area (Å²) in [4.78, 5) is 18.6. The van der Waals surface area contributed by atoms with Gasteiger partial charge in [0, 0.05) is 13.1 Å². The van der Waals surface area contributed by atoms with Crippen molar-refractivity contribution in [3.63, 3.8) is 0 Å². The second-order valence-corrected chi connectivity index (χ2v) is 4.73. The van der Waals surface area contributed by atoms with Gasteiger partial charge in [-0.15, -0.1) is 0 Å². The van der Waals surface area contributed by atoms with Crippen molar-refractivity contribution in [3.8, 4) is 0 Å². The standard InChI is InChI=1S/C14H17N3O2/c1-11-15-12-4-2-3-5-13(12)17(11)10-14(18)16-6-8-19-9-7-16/h2-5H,6-10H2,1H3. The van der Waals surface area contributed by atoms with E-state index in [-0.39, 0.29) is 5.91 Å². The van der Waals surface area contributed by atoms with Gasteiger partial charge in [-0.1, -0.05) is 12.1 Å². The third kappa shape index (κ3) is 2.33. The van der Waals surface area contributed by atoms with Crippen LogP contribution in [0, 0.1) is 6.92 Å². The fourth-order valence-electron chi connectivity index (χ4n) is 2.44. The van der Waals surface area contributed by atoms with Crippen LogP contribution in [0.15, 0.2) is 24.3 Å². The molecule has 19 heavy (non-hydrogen) atoms. The Hall–Kier alpha value is -1.88. The highest BCUT2D eigenvalue weighted by molar-refractivity contribution is 5.81. The highest BCUT2D eigenvalue weighted by Gasteiger charge is 2.18. The zero-order valence-corrected chi connectivity index (χ0v) is 11.0. The molecule has 1 aliphatic heterocycles. The van der Waals surface area contributed by atoms with E-state index in [9.17, 15) is 4.79 Å². The predicted molar refractivity (Wildman–Crippen MR) is 71.9 cm³/mol. The number of amides is 1. The van der Waals surface area contributed by atoms with Crippen molar-refractivity contribution in [1.29, 1.82) is 0 Å². The molecule has 0 unspecified atom stereocenters. The Balaban J connectivity index is 1.84. The molecule has 0 aliphatic carbocycles. The van der Waals surface area contributed by atoms with Crippen molar-refractivity contribution in [1.82, 2.24) is 14.5 Å². The molecule has 5 heteroatoms. The second-order valence-electron chi connectivity index (χ2n) is 4.73. The summed E-state index contributed by atoms with van der Waals surface area (Å²) >= 11 is 0. The molecule has 0 atom stereocenters. The second kappa shape index (κ2) is 5.01. The minimum atomic E-state index is 0.134. The zero-order valence-electron chi connectivity index (χ0n) is 11.0. The summed E-state index contributed by atoms with van der Waals surface area (Å²) in [5.41, 5.74) is 1.95. The smallest absolute Gasteiger partial charge is 0.242 e. The minimum Gasteiger partial charge on any atom is -0.378 e. The first-order chi connectivity index (χ1) is 9.25. The lowest BCUT2D eigenvalue weighted by Crippen LogP contribution is -2.42. The summed E-state index contributed by atoms with van der Waals surface area (Å²) in [7, 11) is 0. The molecule has 0 N–H and O–H groups in total. The average Bonchev–Trinajstić information content (AvgIpc) is 2.76. The number of aromatic nitrogens is 2. The van der Waals surface area contributed by atoms with Gasteiger partial charge in [0.2, 0.25) is 5.91 Å². The van der Waals surface area contributed by atoms with Gasteiger partial charge >= 0.3 is 0 Å². The molecule has 1 aromatic carbocycles. The summed E-state index contributed by atoms with van der Waals surface area (Å²) in [6.45, 7) is 4.93. The lowest BCUT2D eigenvalue weighted by atomic mass is 10.3. The molecular weight excluding hydrogens is 242 g/mol. The summed E-state index contributed by atoms with van der Waals surface area (Å²) in [6.07, 6.45) is 0. The number of benzene rings is 1. The number of carbonyl (C=O) groups is 1. The van der Waals surface area contributed by atoms with Crippen LogP contribution in [0.5, 0.6) is 0 Å². The van der Waals surface area contributed by atoms with Gasteiger partial charge in [-0.2, -0.15) is 0 Å². The normalized spacial score (nSPS) is 15.9. The van der Waals surface area contributed by atoms with Gasteiger partial charge in [-0.05, 0) is 19.1 Å². The van der Waals surface area contributed by atoms with Gasteiger partial charge in [0.1, 0.15) is 12.4 Å². The maximum Gasteiger partial charge on any atom is 0.242 e. The van der Waals surface area contributed by atoms with Crippen LogP contribution in [0.1, 0.15) is 5.82 Å². The van der Waals surface area contributed by atoms with Gasteiger partial charge in [-0.25, -0.2) is 4.98 Å². The van der Waals surface area contributed by atoms with Gasteiger partial charge in [0.05, 0.1) is 24.2 Å².